The van der Waals surface area contributed by atoms with Gasteiger partial charge < -0.3 is 14.8 Å². The lowest BCUT2D eigenvalue weighted by Gasteiger charge is -2.17. The van der Waals surface area contributed by atoms with E-state index in [0.717, 1.165) is 10.5 Å². The second-order valence-corrected chi connectivity index (χ2v) is 9.79. The number of anilines is 2. The van der Waals surface area contributed by atoms with Crippen molar-refractivity contribution >= 4 is 64.0 Å². The zero-order chi connectivity index (χ0) is 28.2. The maximum absolute atomic E-state index is 13.0. The van der Waals surface area contributed by atoms with Gasteiger partial charge in [-0.05, 0) is 72.3 Å². The Morgan fingerprint density at radius 1 is 0.775 bits per heavy atom. The molecule has 0 unspecified atom stereocenters. The number of carbonyl (C=O) groups excluding carboxylic acids is 3. The molecule has 1 aliphatic rings. The van der Waals surface area contributed by atoms with E-state index in [2.05, 4.69) is 5.32 Å². The molecule has 1 N–H and O–H groups in total. The largest absolute Gasteiger partial charge is 0.489 e. The Kier molecular flexibility index (Phi) is 8.07. The Labute approximate surface area is 244 Å². The molecule has 0 bridgehead atoms. The van der Waals surface area contributed by atoms with Gasteiger partial charge in [0.1, 0.15) is 28.8 Å². The van der Waals surface area contributed by atoms with Crippen molar-refractivity contribution in [3.63, 3.8) is 0 Å². The van der Waals surface area contributed by atoms with E-state index in [1.807, 2.05) is 30.3 Å². The molecule has 40 heavy (non-hydrogen) atoms. The molecule has 0 spiro atoms. The maximum atomic E-state index is 13.0. The molecule has 0 aromatic heterocycles. The van der Waals surface area contributed by atoms with Gasteiger partial charge in [-0.1, -0.05) is 65.1 Å². The van der Waals surface area contributed by atoms with Crippen molar-refractivity contribution in [1.29, 1.82) is 0 Å². The molecule has 0 atom stereocenters. The van der Waals surface area contributed by atoms with Crippen molar-refractivity contribution in [2.75, 3.05) is 10.2 Å². The smallest absolute Gasteiger partial charge is 0.343 e. The number of benzene rings is 4. The fourth-order valence-electron chi connectivity index (χ4n) is 3.83. The molecule has 1 aliphatic heterocycles. The summed E-state index contributed by atoms with van der Waals surface area (Å²) in [5.41, 5.74) is 1.72. The summed E-state index contributed by atoms with van der Waals surface area (Å²) in [5, 5.41) is 3.00. The molecular weight excluding hydrogens is 575 g/mol. The van der Waals surface area contributed by atoms with Crippen LogP contribution in [0.2, 0.25) is 10.0 Å². The summed E-state index contributed by atoms with van der Waals surface area (Å²) in [4.78, 5) is 39.2. The molecule has 4 aromatic carbocycles. The fourth-order valence-corrected chi connectivity index (χ4v) is 4.41. The molecule has 0 saturated carbocycles. The first kappa shape index (κ1) is 27.3. The van der Waals surface area contributed by atoms with Crippen LogP contribution in [-0.4, -0.2) is 17.8 Å². The highest BCUT2D eigenvalue weighted by atomic mass is 35.5. The first-order valence-electron chi connectivity index (χ1n) is 11.9. The topological polar surface area (TPSA) is 84.9 Å². The zero-order valence-corrected chi connectivity index (χ0v) is 22.8. The van der Waals surface area contributed by atoms with Gasteiger partial charge in [-0.15, -0.1) is 0 Å². The third-order valence-corrected chi connectivity index (χ3v) is 6.75. The minimum atomic E-state index is -0.741. The molecule has 2 amide bonds. The summed E-state index contributed by atoms with van der Waals surface area (Å²) in [5.74, 6) is -1.02. The highest BCUT2D eigenvalue weighted by Crippen LogP contribution is 2.36. The van der Waals surface area contributed by atoms with Gasteiger partial charge in [0, 0.05) is 10.7 Å². The van der Waals surface area contributed by atoms with Gasteiger partial charge in [0.25, 0.3) is 11.8 Å². The van der Waals surface area contributed by atoms with Crippen LogP contribution >= 0.6 is 34.8 Å². The number of rotatable bonds is 8. The lowest BCUT2D eigenvalue weighted by Crippen LogP contribution is -2.32. The number of hydrogen-bond acceptors (Lipinski definition) is 6. The van der Waals surface area contributed by atoms with Crippen LogP contribution in [-0.2, 0) is 16.2 Å². The van der Waals surface area contributed by atoms with E-state index in [0.29, 0.717) is 28.8 Å². The maximum Gasteiger partial charge on any atom is 0.343 e. The lowest BCUT2D eigenvalue weighted by atomic mass is 10.2. The summed E-state index contributed by atoms with van der Waals surface area (Å²) < 4.78 is 11.2. The Bertz CT molecular complexity index is 1620. The van der Waals surface area contributed by atoms with Crippen LogP contribution < -0.4 is 19.7 Å². The molecule has 7 nitrogen and oxygen atoms in total. The summed E-state index contributed by atoms with van der Waals surface area (Å²) in [6, 6.07) is 27.1. The van der Waals surface area contributed by atoms with Gasteiger partial charge in [0.05, 0.1) is 16.3 Å². The molecule has 10 heteroatoms. The molecule has 0 radical (unpaired) electrons. The Hall–Kier alpha value is -4.30. The Morgan fingerprint density at radius 2 is 1.45 bits per heavy atom. The van der Waals surface area contributed by atoms with Crippen molar-refractivity contribution in [2.24, 2.45) is 0 Å². The van der Waals surface area contributed by atoms with Crippen LogP contribution in [0.1, 0.15) is 15.9 Å². The third-order valence-electron chi connectivity index (χ3n) is 5.85. The summed E-state index contributed by atoms with van der Waals surface area (Å²) in [6.45, 7) is 0.425. The van der Waals surface area contributed by atoms with Crippen LogP contribution in [0.25, 0.3) is 0 Å². The quantitative estimate of drug-likeness (QED) is 0.132. The van der Waals surface area contributed by atoms with Gasteiger partial charge in [-0.25, -0.2) is 9.69 Å². The van der Waals surface area contributed by atoms with Crippen molar-refractivity contribution in [3.8, 4) is 11.5 Å². The van der Waals surface area contributed by atoms with Gasteiger partial charge in [0.2, 0.25) is 0 Å². The minimum absolute atomic E-state index is 0.119. The standard InChI is InChI=1S/C30H19Cl3N2O5/c31-20-8-15-24(32)25(16-20)35-28(36)26(33)27(29(35)37)34-21-9-6-19(7-10-21)30(38)40-23-13-11-22(12-14-23)39-17-18-4-2-1-3-5-18/h1-16,34H,17H2. The lowest BCUT2D eigenvalue weighted by molar-refractivity contribution is -0.120. The van der Waals surface area contributed by atoms with Crippen LogP contribution in [0.3, 0.4) is 0 Å². The van der Waals surface area contributed by atoms with E-state index in [1.54, 1.807) is 36.4 Å². The van der Waals surface area contributed by atoms with Gasteiger partial charge in [-0.2, -0.15) is 0 Å². The number of ether oxygens (including phenoxy) is 2. The fraction of sp³-hybridized carbons (Fsp3) is 0.0333. The molecule has 200 valence electrons. The van der Waals surface area contributed by atoms with E-state index in [-0.39, 0.29) is 27.0 Å². The van der Waals surface area contributed by atoms with E-state index < -0.39 is 17.8 Å². The summed E-state index contributed by atoms with van der Waals surface area (Å²) in [7, 11) is 0. The molecule has 0 fully saturated rings. The first-order chi connectivity index (χ1) is 19.3. The normalized spacial score (nSPS) is 13.0. The highest BCUT2D eigenvalue weighted by Gasteiger charge is 2.40. The van der Waals surface area contributed by atoms with E-state index in [4.69, 9.17) is 44.3 Å². The molecule has 4 aromatic rings. The van der Waals surface area contributed by atoms with Crippen molar-refractivity contribution < 1.29 is 23.9 Å². The number of nitrogens with zero attached hydrogens (tertiary/aromatic N) is 1. The Balaban J connectivity index is 1.20. The summed E-state index contributed by atoms with van der Waals surface area (Å²) >= 11 is 18.4. The van der Waals surface area contributed by atoms with E-state index >= 15 is 0 Å². The average Bonchev–Trinajstić information content (AvgIpc) is 3.17. The molecular formula is C30H19Cl3N2O5. The first-order valence-corrected chi connectivity index (χ1v) is 13.0. The number of esters is 1. The molecule has 0 aliphatic carbocycles. The molecule has 1 heterocycles. The van der Waals surface area contributed by atoms with Crippen LogP contribution in [0.5, 0.6) is 11.5 Å². The second kappa shape index (κ2) is 11.8. The predicted molar refractivity (Wildman–Crippen MR) is 154 cm³/mol. The van der Waals surface area contributed by atoms with Crippen molar-refractivity contribution in [1.82, 2.24) is 0 Å². The third kappa shape index (κ3) is 5.97. The zero-order valence-electron chi connectivity index (χ0n) is 20.6. The number of carbonyl (C=O) groups is 3. The highest BCUT2D eigenvalue weighted by molar-refractivity contribution is 6.54. The van der Waals surface area contributed by atoms with Gasteiger partial charge >= 0.3 is 5.97 Å². The number of halogens is 3. The van der Waals surface area contributed by atoms with Gasteiger partial charge in [-0.3, -0.25) is 9.59 Å². The molecule has 0 saturated heterocycles. The summed E-state index contributed by atoms with van der Waals surface area (Å²) in [6.07, 6.45) is 0. The van der Waals surface area contributed by atoms with Crippen LogP contribution in [0, 0.1) is 0 Å². The SMILES string of the molecule is O=C(Oc1ccc(OCc2ccccc2)cc1)c1ccc(NC2=C(Cl)C(=O)N(c3cc(Cl)ccc3Cl)C2=O)cc1. The minimum Gasteiger partial charge on any atom is -0.489 e. The molecule has 5 rings (SSSR count). The van der Waals surface area contributed by atoms with Crippen molar-refractivity contribution in [3.05, 3.63) is 129 Å². The Morgan fingerprint density at radius 3 is 2.15 bits per heavy atom. The number of nitrogens with one attached hydrogen (secondary N) is 1. The number of imide groups is 1. The average molecular weight is 594 g/mol. The monoisotopic (exact) mass is 592 g/mol. The number of amides is 2. The van der Waals surface area contributed by atoms with Crippen molar-refractivity contribution in [2.45, 2.75) is 6.61 Å². The van der Waals surface area contributed by atoms with Crippen LogP contribution in [0.15, 0.2) is 108 Å². The van der Waals surface area contributed by atoms with Crippen LogP contribution in [0.4, 0.5) is 11.4 Å². The second-order valence-electron chi connectivity index (χ2n) is 8.57. The van der Waals surface area contributed by atoms with E-state index in [9.17, 15) is 14.4 Å². The van der Waals surface area contributed by atoms with Gasteiger partial charge in [0.15, 0.2) is 0 Å². The number of hydrogen-bond donors (Lipinski definition) is 1. The van der Waals surface area contributed by atoms with E-state index in [1.165, 1.54) is 30.3 Å². The predicted octanol–water partition coefficient (Wildman–Crippen LogP) is 7.23.